The van der Waals surface area contributed by atoms with E-state index in [4.69, 9.17) is 4.74 Å². The van der Waals surface area contributed by atoms with Gasteiger partial charge in [0, 0.05) is 12.6 Å². The summed E-state index contributed by atoms with van der Waals surface area (Å²) in [5.41, 5.74) is -1.10. The van der Waals surface area contributed by atoms with Crippen molar-refractivity contribution in [2.75, 3.05) is 6.61 Å². The number of amides is 2. The molecular formula is C15H26N2O4. The summed E-state index contributed by atoms with van der Waals surface area (Å²) < 4.78 is 5.44. The molecule has 3 N–H and O–H groups in total. The van der Waals surface area contributed by atoms with E-state index >= 15 is 0 Å². The van der Waals surface area contributed by atoms with Crippen LogP contribution < -0.4 is 10.6 Å². The summed E-state index contributed by atoms with van der Waals surface area (Å²) in [6, 6.07) is -0.276. The molecule has 0 spiro atoms. The van der Waals surface area contributed by atoms with Crippen molar-refractivity contribution in [3.63, 3.8) is 0 Å². The normalized spacial score (nSPS) is 35.6. The first-order valence-electron chi connectivity index (χ1n) is 7.89. The van der Waals surface area contributed by atoms with Gasteiger partial charge in [0.05, 0.1) is 6.10 Å². The molecule has 0 radical (unpaired) electrons. The van der Waals surface area contributed by atoms with E-state index in [0.29, 0.717) is 25.4 Å². The summed E-state index contributed by atoms with van der Waals surface area (Å²) in [5, 5.41) is 15.0. The molecule has 0 saturated heterocycles. The first-order valence-corrected chi connectivity index (χ1v) is 7.89. The average molecular weight is 298 g/mol. The Hall–Kier alpha value is -1.30. The van der Waals surface area contributed by atoms with E-state index in [-0.39, 0.29) is 18.2 Å². The average Bonchev–Trinajstić information content (AvgIpc) is 2.39. The van der Waals surface area contributed by atoms with Gasteiger partial charge in [-0.2, -0.15) is 0 Å². The van der Waals surface area contributed by atoms with Crippen LogP contribution in [-0.4, -0.2) is 41.4 Å². The zero-order chi connectivity index (χ0) is 15.5. The van der Waals surface area contributed by atoms with Crippen LogP contribution >= 0.6 is 0 Å². The van der Waals surface area contributed by atoms with Crippen molar-refractivity contribution in [1.29, 1.82) is 0 Å². The third-order valence-electron chi connectivity index (χ3n) is 4.72. The van der Waals surface area contributed by atoms with Crippen molar-refractivity contribution in [1.82, 2.24) is 10.6 Å². The Morgan fingerprint density at radius 3 is 2.43 bits per heavy atom. The second kappa shape index (κ2) is 6.64. The summed E-state index contributed by atoms with van der Waals surface area (Å²) in [4.78, 5) is 23.6. The number of carboxylic acids is 1. The molecule has 0 aromatic carbocycles. The molecule has 2 aliphatic carbocycles. The first kappa shape index (κ1) is 16.1. The van der Waals surface area contributed by atoms with Crippen LogP contribution in [0.4, 0.5) is 4.79 Å². The summed E-state index contributed by atoms with van der Waals surface area (Å²) in [6.45, 7) is 4.76. The van der Waals surface area contributed by atoms with Gasteiger partial charge in [0.15, 0.2) is 0 Å². The van der Waals surface area contributed by atoms with Crippen LogP contribution in [0.2, 0.25) is 0 Å². The van der Waals surface area contributed by atoms with E-state index < -0.39 is 11.5 Å². The molecule has 6 nitrogen and oxygen atoms in total. The fraction of sp³-hybridized carbons (Fsp3) is 0.867. The van der Waals surface area contributed by atoms with E-state index in [1.165, 1.54) is 0 Å². The predicted molar refractivity (Wildman–Crippen MR) is 78.1 cm³/mol. The van der Waals surface area contributed by atoms with Crippen LogP contribution in [0.25, 0.3) is 0 Å². The van der Waals surface area contributed by atoms with Gasteiger partial charge in [-0.05, 0) is 51.4 Å². The van der Waals surface area contributed by atoms with Crippen molar-refractivity contribution in [3.8, 4) is 0 Å². The van der Waals surface area contributed by atoms with Crippen molar-refractivity contribution in [2.45, 2.75) is 70.1 Å². The summed E-state index contributed by atoms with van der Waals surface area (Å²) in [6.07, 6.45) is 4.51. The maximum atomic E-state index is 12.0. The molecule has 2 rings (SSSR count). The third-order valence-corrected chi connectivity index (χ3v) is 4.72. The fourth-order valence-corrected chi connectivity index (χ4v) is 3.14. The van der Waals surface area contributed by atoms with Crippen molar-refractivity contribution in [3.05, 3.63) is 0 Å². The number of urea groups is 1. The smallest absolute Gasteiger partial charge is 0.329 e. The number of carbonyl (C=O) groups excluding carboxylic acids is 1. The Kier molecular flexibility index (Phi) is 5.08. The topological polar surface area (TPSA) is 87.7 Å². The Bertz CT molecular complexity index is 385. The molecule has 0 bridgehead atoms. The van der Waals surface area contributed by atoms with Crippen molar-refractivity contribution < 1.29 is 19.4 Å². The van der Waals surface area contributed by atoms with E-state index in [1.54, 1.807) is 0 Å². The standard InChI is InChI=1S/C15H26N2O4/c1-3-21-12-8-11(9-12)16-14(20)17-15(13(18)19)6-4-10(2)5-7-15/h10-12H,3-9H2,1-2H3,(H,18,19)(H2,16,17,20). The van der Waals surface area contributed by atoms with Crippen LogP contribution in [0.5, 0.6) is 0 Å². The van der Waals surface area contributed by atoms with Gasteiger partial charge >= 0.3 is 12.0 Å². The molecule has 0 unspecified atom stereocenters. The van der Waals surface area contributed by atoms with Crippen LogP contribution in [0.15, 0.2) is 0 Å². The molecule has 0 aromatic heterocycles. The van der Waals surface area contributed by atoms with Gasteiger partial charge in [0.2, 0.25) is 0 Å². The van der Waals surface area contributed by atoms with Gasteiger partial charge in [-0.25, -0.2) is 9.59 Å². The number of carboxylic acid groups (broad SMARTS) is 1. The Labute approximate surface area is 125 Å². The summed E-state index contributed by atoms with van der Waals surface area (Å²) in [5.74, 6) is -0.397. The van der Waals surface area contributed by atoms with Gasteiger partial charge in [0.1, 0.15) is 5.54 Å². The van der Waals surface area contributed by atoms with E-state index in [1.807, 2.05) is 6.92 Å². The number of hydrogen-bond acceptors (Lipinski definition) is 3. The number of ether oxygens (including phenoxy) is 1. The predicted octanol–water partition coefficient (Wildman–Crippen LogP) is 1.89. The Morgan fingerprint density at radius 1 is 1.29 bits per heavy atom. The number of nitrogens with one attached hydrogen (secondary N) is 2. The highest BCUT2D eigenvalue weighted by molar-refractivity contribution is 5.86. The van der Waals surface area contributed by atoms with Gasteiger partial charge in [-0.15, -0.1) is 0 Å². The molecule has 0 heterocycles. The molecule has 0 aliphatic heterocycles. The summed E-state index contributed by atoms with van der Waals surface area (Å²) in [7, 11) is 0. The summed E-state index contributed by atoms with van der Waals surface area (Å²) >= 11 is 0. The van der Waals surface area contributed by atoms with Crippen LogP contribution in [0, 0.1) is 5.92 Å². The van der Waals surface area contributed by atoms with E-state index in [9.17, 15) is 14.7 Å². The number of aliphatic carboxylic acids is 1. The number of rotatable bonds is 5. The van der Waals surface area contributed by atoms with Crippen LogP contribution in [0.1, 0.15) is 52.4 Å². The molecule has 2 aliphatic rings. The minimum Gasteiger partial charge on any atom is -0.480 e. The van der Waals surface area contributed by atoms with Gasteiger partial charge < -0.3 is 20.5 Å². The van der Waals surface area contributed by atoms with Crippen LogP contribution in [-0.2, 0) is 9.53 Å². The SMILES string of the molecule is CCOC1CC(NC(=O)NC2(C(=O)O)CCC(C)CC2)C1. The lowest BCUT2D eigenvalue weighted by molar-refractivity contribution is -0.146. The van der Waals surface area contributed by atoms with Gasteiger partial charge in [0.25, 0.3) is 0 Å². The molecule has 2 saturated carbocycles. The number of hydrogen-bond donors (Lipinski definition) is 3. The molecular weight excluding hydrogens is 272 g/mol. The minimum atomic E-state index is -1.10. The molecule has 120 valence electrons. The fourth-order valence-electron chi connectivity index (χ4n) is 3.14. The minimum absolute atomic E-state index is 0.0925. The molecule has 0 atom stereocenters. The largest absolute Gasteiger partial charge is 0.480 e. The lowest BCUT2D eigenvalue weighted by Crippen LogP contribution is -2.61. The molecule has 2 amide bonds. The second-order valence-electron chi connectivity index (χ2n) is 6.41. The monoisotopic (exact) mass is 298 g/mol. The number of carbonyl (C=O) groups is 2. The zero-order valence-corrected chi connectivity index (χ0v) is 12.9. The van der Waals surface area contributed by atoms with Gasteiger partial charge in [-0.3, -0.25) is 0 Å². The van der Waals surface area contributed by atoms with Gasteiger partial charge in [-0.1, -0.05) is 6.92 Å². The third kappa shape index (κ3) is 3.87. The maximum absolute atomic E-state index is 12.0. The lowest BCUT2D eigenvalue weighted by Gasteiger charge is -2.39. The first-order chi connectivity index (χ1) is 9.95. The Balaban J connectivity index is 1.81. The highest BCUT2D eigenvalue weighted by Gasteiger charge is 2.43. The highest BCUT2D eigenvalue weighted by Crippen LogP contribution is 2.32. The van der Waals surface area contributed by atoms with Crippen molar-refractivity contribution >= 4 is 12.0 Å². The quantitative estimate of drug-likeness (QED) is 0.723. The second-order valence-corrected chi connectivity index (χ2v) is 6.41. The van der Waals surface area contributed by atoms with E-state index in [2.05, 4.69) is 17.6 Å². The Morgan fingerprint density at radius 2 is 1.90 bits per heavy atom. The highest BCUT2D eigenvalue weighted by atomic mass is 16.5. The maximum Gasteiger partial charge on any atom is 0.329 e. The lowest BCUT2D eigenvalue weighted by atomic mass is 9.77. The van der Waals surface area contributed by atoms with Crippen LogP contribution in [0.3, 0.4) is 0 Å². The van der Waals surface area contributed by atoms with E-state index in [0.717, 1.165) is 25.7 Å². The molecule has 0 aromatic rings. The molecule has 2 fully saturated rings. The van der Waals surface area contributed by atoms with Crippen molar-refractivity contribution in [2.24, 2.45) is 5.92 Å². The molecule has 21 heavy (non-hydrogen) atoms. The molecule has 6 heteroatoms. The zero-order valence-electron chi connectivity index (χ0n) is 12.9.